The van der Waals surface area contributed by atoms with E-state index >= 15 is 0 Å². The van der Waals surface area contributed by atoms with Crippen molar-refractivity contribution in [3.8, 4) is 0 Å². The maximum atomic E-state index is 6.49. The van der Waals surface area contributed by atoms with Crippen LogP contribution in [0.4, 0.5) is 0 Å². The van der Waals surface area contributed by atoms with Gasteiger partial charge in [0.15, 0.2) is 0 Å². The van der Waals surface area contributed by atoms with E-state index in [-0.39, 0.29) is 6.04 Å². The van der Waals surface area contributed by atoms with Gasteiger partial charge in [0.25, 0.3) is 0 Å². The van der Waals surface area contributed by atoms with Gasteiger partial charge in [-0.15, -0.1) is 0 Å². The van der Waals surface area contributed by atoms with Crippen LogP contribution < -0.4 is 5.73 Å². The first kappa shape index (κ1) is 16.2. The van der Waals surface area contributed by atoms with Gasteiger partial charge in [-0.05, 0) is 47.3 Å². The van der Waals surface area contributed by atoms with E-state index in [0.29, 0.717) is 11.3 Å². The van der Waals surface area contributed by atoms with Gasteiger partial charge in [-0.1, -0.05) is 59.7 Å². The summed E-state index contributed by atoms with van der Waals surface area (Å²) in [7, 11) is 0. The van der Waals surface area contributed by atoms with Crippen molar-refractivity contribution >= 4 is 0 Å². The summed E-state index contributed by atoms with van der Waals surface area (Å²) in [5, 5.41) is 0. The summed E-state index contributed by atoms with van der Waals surface area (Å²) in [5.74, 6) is 0.623. The fourth-order valence-electron chi connectivity index (χ4n) is 2.39. The molecule has 0 aliphatic carbocycles. The summed E-state index contributed by atoms with van der Waals surface area (Å²) >= 11 is 0. The SMILES string of the molecule is CCc1ccc(CC)c(C(N)CC(C)C(C)(C)C)c1. The van der Waals surface area contributed by atoms with Crippen molar-refractivity contribution in [2.75, 3.05) is 0 Å². The molecule has 2 atom stereocenters. The van der Waals surface area contributed by atoms with Crippen molar-refractivity contribution in [2.45, 2.75) is 66.8 Å². The molecule has 1 rings (SSSR count). The predicted octanol–water partition coefficient (Wildman–Crippen LogP) is 4.88. The largest absolute Gasteiger partial charge is 0.324 e. The lowest BCUT2D eigenvalue weighted by atomic mass is 9.77. The zero-order chi connectivity index (χ0) is 14.6. The number of benzene rings is 1. The minimum absolute atomic E-state index is 0.163. The van der Waals surface area contributed by atoms with Crippen LogP contribution >= 0.6 is 0 Å². The van der Waals surface area contributed by atoms with E-state index in [1.165, 1.54) is 16.7 Å². The lowest BCUT2D eigenvalue weighted by Crippen LogP contribution is -2.24. The Morgan fingerprint density at radius 1 is 1.11 bits per heavy atom. The van der Waals surface area contributed by atoms with Crippen molar-refractivity contribution < 1.29 is 0 Å². The summed E-state index contributed by atoms with van der Waals surface area (Å²) in [6, 6.07) is 6.98. The summed E-state index contributed by atoms with van der Waals surface area (Å²) < 4.78 is 0. The molecule has 19 heavy (non-hydrogen) atoms. The molecule has 0 saturated carbocycles. The van der Waals surface area contributed by atoms with Gasteiger partial charge in [-0.25, -0.2) is 0 Å². The van der Waals surface area contributed by atoms with Gasteiger partial charge in [-0.2, -0.15) is 0 Å². The molecule has 2 unspecified atom stereocenters. The Morgan fingerprint density at radius 3 is 2.21 bits per heavy atom. The standard InChI is InChI=1S/C18H31N/c1-7-14-9-10-15(8-2)16(12-14)17(19)11-13(3)18(4,5)6/h9-10,12-13,17H,7-8,11,19H2,1-6H3. The van der Waals surface area contributed by atoms with Gasteiger partial charge < -0.3 is 5.73 Å². The smallest absolute Gasteiger partial charge is 0.0300 e. The van der Waals surface area contributed by atoms with Crippen LogP contribution in [0.1, 0.15) is 70.7 Å². The van der Waals surface area contributed by atoms with Crippen molar-refractivity contribution in [2.24, 2.45) is 17.1 Å². The minimum atomic E-state index is 0.163. The van der Waals surface area contributed by atoms with Gasteiger partial charge in [0, 0.05) is 6.04 Å². The molecule has 0 saturated heterocycles. The first-order valence-corrected chi connectivity index (χ1v) is 7.66. The maximum absolute atomic E-state index is 6.49. The van der Waals surface area contributed by atoms with Crippen LogP contribution in [-0.4, -0.2) is 0 Å². The van der Waals surface area contributed by atoms with E-state index in [4.69, 9.17) is 5.73 Å². The molecular formula is C18H31N. The van der Waals surface area contributed by atoms with Gasteiger partial charge >= 0.3 is 0 Å². The molecule has 0 aromatic heterocycles. The Kier molecular flexibility index (Phi) is 5.61. The normalized spacial score (nSPS) is 15.3. The van der Waals surface area contributed by atoms with Crippen molar-refractivity contribution in [3.63, 3.8) is 0 Å². The van der Waals surface area contributed by atoms with E-state index in [2.05, 4.69) is 59.7 Å². The maximum Gasteiger partial charge on any atom is 0.0300 e. The molecule has 0 fully saturated rings. The zero-order valence-corrected chi connectivity index (χ0v) is 13.6. The summed E-state index contributed by atoms with van der Waals surface area (Å²) in [5.41, 5.74) is 11.0. The third-order valence-electron chi connectivity index (χ3n) is 4.48. The molecule has 0 bridgehead atoms. The Labute approximate surface area is 119 Å². The van der Waals surface area contributed by atoms with E-state index in [0.717, 1.165) is 19.3 Å². The highest BCUT2D eigenvalue weighted by Gasteiger charge is 2.23. The number of nitrogens with two attached hydrogens (primary N) is 1. The number of hydrogen-bond acceptors (Lipinski definition) is 1. The highest BCUT2D eigenvalue weighted by atomic mass is 14.6. The van der Waals surface area contributed by atoms with Gasteiger partial charge in [0.2, 0.25) is 0 Å². The van der Waals surface area contributed by atoms with Gasteiger partial charge in [-0.3, -0.25) is 0 Å². The molecule has 108 valence electrons. The van der Waals surface area contributed by atoms with Gasteiger partial charge in [0.1, 0.15) is 0 Å². The van der Waals surface area contributed by atoms with Crippen LogP contribution in [0.5, 0.6) is 0 Å². The molecule has 0 aliphatic rings. The van der Waals surface area contributed by atoms with E-state index in [9.17, 15) is 0 Å². The van der Waals surface area contributed by atoms with Crippen molar-refractivity contribution in [3.05, 3.63) is 34.9 Å². The minimum Gasteiger partial charge on any atom is -0.324 e. The number of hydrogen-bond donors (Lipinski definition) is 1. The van der Waals surface area contributed by atoms with Crippen LogP contribution in [0.15, 0.2) is 18.2 Å². The second-order valence-corrected chi connectivity index (χ2v) is 6.85. The topological polar surface area (TPSA) is 26.0 Å². The van der Waals surface area contributed by atoms with Crippen LogP contribution in [-0.2, 0) is 12.8 Å². The first-order valence-electron chi connectivity index (χ1n) is 7.66. The second-order valence-electron chi connectivity index (χ2n) is 6.85. The second kappa shape index (κ2) is 6.56. The average Bonchev–Trinajstić information content (AvgIpc) is 2.36. The van der Waals surface area contributed by atoms with E-state index in [1.807, 2.05) is 0 Å². The molecule has 2 N–H and O–H groups in total. The third kappa shape index (κ3) is 4.35. The molecule has 1 nitrogen and oxygen atoms in total. The summed E-state index contributed by atoms with van der Waals surface area (Å²) in [6.07, 6.45) is 3.21. The summed E-state index contributed by atoms with van der Waals surface area (Å²) in [6.45, 7) is 13.6. The predicted molar refractivity (Wildman–Crippen MR) is 85.4 cm³/mol. The first-order chi connectivity index (χ1) is 8.79. The molecule has 0 amide bonds. The monoisotopic (exact) mass is 261 g/mol. The van der Waals surface area contributed by atoms with Crippen LogP contribution in [0, 0.1) is 11.3 Å². The number of aryl methyl sites for hydroxylation is 2. The lowest BCUT2D eigenvalue weighted by Gasteiger charge is -2.30. The van der Waals surface area contributed by atoms with Crippen molar-refractivity contribution in [1.29, 1.82) is 0 Å². The molecular weight excluding hydrogens is 230 g/mol. The fourth-order valence-corrected chi connectivity index (χ4v) is 2.39. The Bertz CT molecular complexity index is 401. The molecule has 0 spiro atoms. The van der Waals surface area contributed by atoms with Crippen molar-refractivity contribution in [1.82, 2.24) is 0 Å². The fraction of sp³-hybridized carbons (Fsp3) is 0.667. The Hall–Kier alpha value is -0.820. The third-order valence-corrected chi connectivity index (χ3v) is 4.48. The van der Waals surface area contributed by atoms with E-state index in [1.54, 1.807) is 0 Å². The van der Waals surface area contributed by atoms with Crippen LogP contribution in [0.25, 0.3) is 0 Å². The molecule has 1 aromatic rings. The molecule has 1 heteroatoms. The van der Waals surface area contributed by atoms with E-state index < -0.39 is 0 Å². The Balaban J connectivity index is 2.94. The highest BCUT2D eigenvalue weighted by Crippen LogP contribution is 2.33. The molecule has 0 heterocycles. The lowest BCUT2D eigenvalue weighted by molar-refractivity contribution is 0.233. The Morgan fingerprint density at radius 2 is 1.74 bits per heavy atom. The highest BCUT2D eigenvalue weighted by molar-refractivity contribution is 5.34. The van der Waals surface area contributed by atoms with Gasteiger partial charge in [0.05, 0.1) is 0 Å². The number of rotatable bonds is 5. The molecule has 0 radical (unpaired) electrons. The van der Waals surface area contributed by atoms with Crippen LogP contribution in [0.3, 0.4) is 0 Å². The average molecular weight is 261 g/mol. The summed E-state index contributed by atoms with van der Waals surface area (Å²) in [4.78, 5) is 0. The zero-order valence-electron chi connectivity index (χ0n) is 13.6. The van der Waals surface area contributed by atoms with Crippen LogP contribution in [0.2, 0.25) is 0 Å². The molecule has 0 aliphatic heterocycles. The quantitative estimate of drug-likeness (QED) is 0.803. The molecule has 1 aromatic carbocycles.